The van der Waals surface area contributed by atoms with Gasteiger partial charge in [0.1, 0.15) is 6.61 Å². The second-order valence-corrected chi connectivity index (χ2v) is 4.30. The molecule has 0 aromatic carbocycles. The summed E-state index contributed by atoms with van der Waals surface area (Å²) in [5.41, 5.74) is 0. The maximum absolute atomic E-state index is 11.9. The van der Waals surface area contributed by atoms with Crippen molar-refractivity contribution in [2.75, 3.05) is 26.4 Å². The van der Waals surface area contributed by atoms with Crippen molar-refractivity contribution in [2.24, 2.45) is 0 Å². The Morgan fingerprint density at radius 1 is 1.50 bits per heavy atom. The molecule has 0 heterocycles. The minimum absolute atomic E-state index is 0.0756. The summed E-state index contributed by atoms with van der Waals surface area (Å²) < 4.78 is 5.27. The smallest absolute Gasteiger partial charge is 0.248 e. The van der Waals surface area contributed by atoms with Crippen LogP contribution >= 0.6 is 0 Å². The molecule has 1 rings (SSSR count). The molecule has 0 aromatic heterocycles. The minimum Gasteiger partial charge on any atom is -0.396 e. The molecule has 1 amide bonds. The van der Waals surface area contributed by atoms with Crippen molar-refractivity contribution in [3.05, 3.63) is 0 Å². The molecule has 0 radical (unpaired) electrons. The van der Waals surface area contributed by atoms with E-state index in [1.165, 1.54) is 6.42 Å². The molecule has 0 aromatic rings. The lowest BCUT2D eigenvalue weighted by Gasteiger charge is -2.37. The molecule has 1 aliphatic rings. The Kier molecular flexibility index (Phi) is 6.42. The Hall–Kier alpha value is -0.610. The van der Waals surface area contributed by atoms with Crippen molar-refractivity contribution in [3.8, 4) is 0 Å². The number of hydrogen-bond donors (Lipinski definition) is 1. The molecule has 0 unspecified atom stereocenters. The molecule has 4 heteroatoms. The molecule has 1 aliphatic carbocycles. The summed E-state index contributed by atoms with van der Waals surface area (Å²) in [6.45, 7) is 3.67. The third kappa shape index (κ3) is 4.10. The standard InChI is InChI=1S/C12H23NO3/c1-2-9-16-10-12(15)13(7-4-8-14)11-5-3-6-11/h11,14H,2-10H2,1H3. The van der Waals surface area contributed by atoms with Crippen LogP contribution in [0.2, 0.25) is 0 Å². The highest BCUT2D eigenvalue weighted by atomic mass is 16.5. The van der Waals surface area contributed by atoms with Gasteiger partial charge in [-0.25, -0.2) is 0 Å². The molecule has 0 aliphatic heterocycles. The van der Waals surface area contributed by atoms with Crippen molar-refractivity contribution < 1.29 is 14.6 Å². The fraction of sp³-hybridized carbons (Fsp3) is 0.917. The lowest BCUT2D eigenvalue weighted by atomic mass is 9.91. The first-order chi connectivity index (χ1) is 7.79. The number of aliphatic hydroxyl groups is 1. The van der Waals surface area contributed by atoms with Crippen molar-refractivity contribution in [3.63, 3.8) is 0 Å². The van der Waals surface area contributed by atoms with E-state index < -0.39 is 0 Å². The predicted octanol–water partition coefficient (Wildman–Crippen LogP) is 1.18. The van der Waals surface area contributed by atoms with Crippen LogP contribution < -0.4 is 0 Å². The zero-order chi connectivity index (χ0) is 11.8. The zero-order valence-electron chi connectivity index (χ0n) is 10.2. The maximum Gasteiger partial charge on any atom is 0.248 e. The molecule has 1 N–H and O–H groups in total. The predicted molar refractivity (Wildman–Crippen MR) is 62.2 cm³/mol. The minimum atomic E-state index is 0.0756. The van der Waals surface area contributed by atoms with Gasteiger partial charge in [0.15, 0.2) is 0 Å². The molecular formula is C12H23NO3. The molecule has 0 bridgehead atoms. The summed E-state index contributed by atoms with van der Waals surface area (Å²) in [6.07, 6.45) is 5.02. The molecule has 16 heavy (non-hydrogen) atoms. The summed E-state index contributed by atoms with van der Waals surface area (Å²) in [5.74, 6) is 0.0756. The van der Waals surface area contributed by atoms with Crippen LogP contribution in [0.1, 0.15) is 39.0 Å². The summed E-state index contributed by atoms with van der Waals surface area (Å²) >= 11 is 0. The van der Waals surface area contributed by atoms with Gasteiger partial charge in [0.05, 0.1) is 0 Å². The monoisotopic (exact) mass is 229 g/mol. The number of ether oxygens (including phenoxy) is 1. The van der Waals surface area contributed by atoms with Crippen molar-refractivity contribution in [1.29, 1.82) is 0 Å². The van der Waals surface area contributed by atoms with Gasteiger partial charge in [0.25, 0.3) is 0 Å². The summed E-state index contributed by atoms with van der Waals surface area (Å²) in [7, 11) is 0. The normalized spacial score (nSPS) is 15.9. The van der Waals surface area contributed by atoms with Gasteiger partial charge < -0.3 is 14.7 Å². The van der Waals surface area contributed by atoms with Crippen LogP contribution in [0.5, 0.6) is 0 Å². The fourth-order valence-corrected chi connectivity index (χ4v) is 1.84. The van der Waals surface area contributed by atoms with E-state index in [4.69, 9.17) is 9.84 Å². The van der Waals surface area contributed by atoms with E-state index in [0.717, 1.165) is 19.3 Å². The molecule has 1 saturated carbocycles. The van der Waals surface area contributed by atoms with Crippen LogP contribution in [-0.4, -0.2) is 48.3 Å². The lowest BCUT2D eigenvalue weighted by molar-refractivity contribution is -0.140. The van der Waals surface area contributed by atoms with E-state index >= 15 is 0 Å². The lowest BCUT2D eigenvalue weighted by Crippen LogP contribution is -2.46. The number of nitrogens with zero attached hydrogens (tertiary/aromatic N) is 1. The molecule has 1 fully saturated rings. The number of amides is 1. The van der Waals surface area contributed by atoms with Gasteiger partial charge in [-0.1, -0.05) is 6.92 Å². The van der Waals surface area contributed by atoms with Crippen LogP contribution in [0.15, 0.2) is 0 Å². The van der Waals surface area contributed by atoms with Gasteiger partial charge in [-0.2, -0.15) is 0 Å². The van der Waals surface area contributed by atoms with E-state index in [1.54, 1.807) is 0 Å². The second-order valence-electron chi connectivity index (χ2n) is 4.30. The van der Waals surface area contributed by atoms with Crippen LogP contribution in [-0.2, 0) is 9.53 Å². The molecule has 0 spiro atoms. The van der Waals surface area contributed by atoms with E-state index in [9.17, 15) is 4.79 Å². The molecule has 94 valence electrons. The SMILES string of the molecule is CCCOCC(=O)N(CCCO)C1CCC1. The van der Waals surface area contributed by atoms with E-state index in [0.29, 0.717) is 25.6 Å². The number of carbonyl (C=O) groups excluding carboxylic acids is 1. The highest BCUT2D eigenvalue weighted by molar-refractivity contribution is 5.77. The van der Waals surface area contributed by atoms with Gasteiger partial charge >= 0.3 is 0 Å². The molecule has 4 nitrogen and oxygen atoms in total. The summed E-state index contributed by atoms with van der Waals surface area (Å²) in [4.78, 5) is 13.8. The van der Waals surface area contributed by atoms with E-state index in [-0.39, 0.29) is 19.1 Å². The van der Waals surface area contributed by atoms with Crippen molar-refractivity contribution in [2.45, 2.75) is 45.1 Å². The number of aliphatic hydroxyl groups excluding tert-OH is 1. The number of rotatable bonds is 8. The summed E-state index contributed by atoms with van der Waals surface area (Å²) in [6, 6.07) is 0.393. The van der Waals surface area contributed by atoms with Gasteiger partial charge in [-0.05, 0) is 32.1 Å². The van der Waals surface area contributed by atoms with Gasteiger partial charge in [0.2, 0.25) is 5.91 Å². The van der Waals surface area contributed by atoms with Crippen LogP contribution in [0.25, 0.3) is 0 Å². The Morgan fingerprint density at radius 2 is 2.25 bits per heavy atom. The first-order valence-electron chi connectivity index (χ1n) is 6.27. The average molecular weight is 229 g/mol. The largest absolute Gasteiger partial charge is 0.396 e. The maximum atomic E-state index is 11.9. The van der Waals surface area contributed by atoms with E-state index in [2.05, 4.69) is 0 Å². The molecular weight excluding hydrogens is 206 g/mol. The number of carbonyl (C=O) groups is 1. The molecule has 0 atom stereocenters. The Bertz CT molecular complexity index is 204. The van der Waals surface area contributed by atoms with Crippen molar-refractivity contribution in [1.82, 2.24) is 4.90 Å². The Morgan fingerprint density at radius 3 is 2.75 bits per heavy atom. The average Bonchev–Trinajstić information content (AvgIpc) is 2.21. The van der Waals surface area contributed by atoms with Crippen LogP contribution in [0.3, 0.4) is 0 Å². The van der Waals surface area contributed by atoms with Gasteiger partial charge in [-0.3, -0.25) is 4.79 Å². The Labute approximate surface area is 97.6 Å². The first kappa shape index (κ1) is 13.5. The summed E-state index contributed by atoms with van der Waals surface area (Å²) in [5, 5.41) is 8.81. The van der Waals surface area contributed by atoms with Crippen LogP contribution in [0, 0.1) is 0 Å². The highest BCUT2D eigenvalue weighted by Crippen LogP contribution is 2.25. The topological polar surface area (TPSA) is 49.8 Å². The fourth-order valence-electron chi connectivity index (χ4n) is 1.84. The van der Waals surface area contributed by atoms with E-state index in [1.807, 2.05) is 11.8 Å². The van der Waals surface area contributed by atoms with Crippen molar-refractivity contribution >= 4 is 5.91 Å². The number of hydrogen-bond acceptors (Lipinski definition) is 3. The quantitative estimate of drug-likeness (QED) is 0.636. The van der Waals surface area contributed by atoms with Gasteiger partial charge in [0, 0.05) is 25.8 Å². The Balaban J connectivity index is 2.31. The molecule has 0 saturated heterocycles. The third-order valence-corrected chi connectivity index (χ3v) is 2.97. The second kappa shape index (κ2) is 7.63. The van der Waals surface area contributed by atoms with Crippen LogP contribution in [0.4, 0.5) is 0 Å². The highest BCUT2D eigenvalue weighted by Gasteiger charge is 2.27. The first-order valence-corrected chi connectivity index (χ1v) is 6.27. The van der Waals surface area contributed by atoms with Gasteiger partial charge in [-0.15, -0.1) is 0 Å². The zero-order valence-corrected chi connectivity index (χ0v) is 10.2. The third-order valence-electron chi connectivity index (χ3n) is 2.97.